The number of carbonyl (C=O) groups excluding carboxylic acids is 1. The van der Waals surface area contributed by atoms with Crippen LogP contribution >= 0.6 is 11.6 Å². The molecule has 0 saturated carbocycles. The van der Waals surface area contributed by atoms with Crippen molar-refractivity contribution in [1.29, 1.82) is 0 Å². The molecule has 0 aromatic rings. The smallest absolute Gasteiger partial charge is 0.282 e. The molecule has 0 N–H and O–H groups in total. The van der Waals surface area contributed by atoms with Crippen molar-refractivity contribution in [3.8, 4) is 0 Å². The molecule has 1 saturated heterocycles. The van der Waals surface area contributed by atoms with Crippen LogP contribution in [0.2, 0.25) is 0 Å². The number of likely N-dealkylation sites (tertiary alicyclic amines) is 1. The van der Waals surface area contributed by atoms with Crippen LogP contribution in [0.4, 0.5) is 8.78 Å². The highest BCUT2D eigenvalue weighted by molar-refractivity contribution is 6.30. The fraction of sp³-hybridized carbons (Fsp3) is 0.857. The van der Waals surface area contributed by atoms with Crippen LogP contribution in [0.25, 0.3) is 0 Å². The van der Waals surface area contributed by atoms with Gasteiger partial charge in [-0.25, -0.2) is 8.78 Å². The first kappa shape index (κ1) is 9.71. The average molecular weight is 198 g/mol. The Labute approximate surface area is 74.5 Å². The minimum absolute atomic E-state index is 0.384. The first-order chi connectivity index (χ1) is 5.46. The van der Waals surface area contributed by atoms with E-state index in [4.69, 9.17) is 11.6 Å². The van der Waals surface area contributed by atoms with Crippen molar-refractivity contribution in [3.63, 3.8) is 0 Å². The van der Waals surface area contributed by atoms with Crippen molar-refractivity contribution in [1.82, 2.24) is 4.90 Å². The lowest BCUT2D eigenvalue weighted by Gasteiger charge is -2.39. The van der Waals surface area contributed by atoms with Gasteiger partial charge < -0.3 is 4.90 Å². The molecule has 5 heteroatoms. The standard InChI is InChI=1S/C7H10ClF2NO/c1-2-5(8)6(12)11-3-7(9,10)4-11/h5H,2-4H2,1H3. The maximum Gasteiger partial charge on any atom is 0.282 e. The van der Waals surface area contributed by atoms with Crippen LogP contribution in [0.1, 0.15) is 13.3 Å². The molecule has 1 amide bonds. The summed E-state index contributed by atoms with van der Waals surface area (Å²) < 4.78 is 24.6. The molecule has 0 bridgehead atoms. The van der Waals surface area contributed by atoms with Gasteiger partial charge in [0.25, 0.3) is 5.92 Å². The predicted octanol–water partition coefficient (Wildman–Crippen LogP) is 1.48. The zero-order valence-electron chi connectivity index (χ0n) is 6.69. The maximum absolute atomic E-state index is 12.3. The Kier molecular flexibility index (Phi) is 2.56. The van der Waals surface area contributed by atoms with Crippen molar-refractivity contribution in [3.05, 3.63) is 0 Å². The zero-order chi connectivity index (χ0) is 9.35. The number of rotatable bonds is 2. The van der Waals surface area contributed by atoms with Gasteiger partial charge in [-0.3, -0.25) is 4.79 Å². The van der Waals surface area contributed by atoms with Crippen LogP contribution in [0.3, 0.4) is 0 Å². The Morgan fingerprint density at radius 1 is 1.67 bits per heavy atom. The Morgan fingerprint density at radius 2 is 2.17 bits per heavy atom. The molecular weight excluding hydrogens is 188 g/mol. The molecular formula is C7H10ClF2NO. The molecule has 1 rings (SSSR count). The van der Waals surface area contributed by atoms with E-state index < -0.39 is 24.4 Å². The number of alkyl halides is 3. The molecule has 1 heterocycles. The summed E-state index contributed by atoms with van der Waals surface area (Å²) in [5.74, 6) is -3.08. The largest absolute Gasteiger partial charge is 0.329 e. The highest BCUT2D eigenvalue weighted by Crippen LogP contribution is 2.27. The summed E-state index contributed by atoms with van der Waals surface area (Å²) in [6.07, 6.45) is 0.475. The second-order valence-corrected chi connectivity index (χ2v) is 3.45. The Balaban J connectivity index is 2.38. The van der Waals surface area contributed by atoms with Gasteiger partial charge in [0.15, 0.2) is 0 Å². The Bertz CT molecular complexity index is 190. The van der Waals surface area contributed by atoms with E-state index in [9.17, 15) is 13.6 Å². The molecule has 1 unspecified atom stereocenters. The van der Waals surface area contributed by atoms with Gasteiger partial charge in [0.05, 0.1) is 13.1 Å². The van der Waals surface area contributed by atoms with Crippen molar-refractivity contribution >= 4 is 17.5 Å². The van der Waals surface area contributed by atoms with Gasteiger partial charge in [-0.1, -0.05) is 6.92 Å². The number of carbonyl (C=O) groups is 1. The van der Waals surface area contributed by atoms with Gasteiger partial charge in [0, 0.05) is 0 Å². The molecule has 2 nitrogen and oxygen atoms in total. The molecule has 0 aliphatic carbocycles. The van der Waals surface area contributed by atoms with Crippen LogP contribution in [-0.4, -0.2) is 35.2 Å². The highest BCUT2D eigenvalue weighted by Gasteiger charge is 2.47. The van der Waals surface area contributed by atoms with Crippen LogP contribution in [0.15, 0.2) is 0 Å². The normalized spacial score (nSPS) is 23.2. The molecule has 1 atom stereocenters. The molecule has 0 radical (unpaired) electrons. The molecule has 0 spiro atoms. The highest BCUT2D eigenvalue weighted by atomic mass is 35.5. The quantitative estimate of drug-likeness (QED) is 0.614. The van der Waals surface area contributed by atoms with E-state index in [1.807, 2.05) is 0 Å². The summed E-state index contributed by atoms with van der Waals surface area (Å²) in [6, 6.07) is 0. The number of hydrogen-bond donors (Lipinski definition) is 0. The second-order valence-electron chi connectivity index (χ2n) is 2.93. The van der Waals surface area contributed by atoms with Crippen LogP contribution in [0.5, 0.6) is 0 Å². The Hall–Kier alpha value is -0.380. The molecule has 12 heavy (non-hydrogen) atoms. The van der Waals surface area contributed by atoms with Crippen molar-refractivity contribution in [2.24, 2.45) is 0 Å². The summed E-state index contributed by atoms with van der Waals surface area (Å²) in [5.41, 5.74) is 0. The van der Waals surface area contributed by atoms with Gasteiger partial charge in [-0.2, -0.15) is 0 Å². The molecule has 1 fully saturated rings. The first-order valence-corrected chi connectivity index (χ1v) is 4.20. The third-order valence-corrected chi connectivity index (χ3v) is 2.28. The van der Waals surface area contributed by atoms with E-state index in [0.717, 1.165) is 4.90 Å². The molecule has 1 aliphatic heterocycles. The summed E-state index contributed by atoms with van der Waals surface area (Å²) in [5, 5.41) is -0.652. The van der Waals surface area contributed by atoms with E-state index in [2.05, 4.69) is 0 Å². The van der Waals surface area contributed by atoms with Gasteiger partial charge in [0.2, 0.25) is 5.91 Å². The number of hydrogen-bond acceptors (Lipinski definition) is 1. The Morgan fingerprint density at radius 3 is 2.50 bits per heavy atom. The lowest BCUT2D eigenvalue weighted by molar-refractivity contribution is -0.165. The zero-order valence-corrected chi connectivity index (χ0v) is 7.44. The number of nitrogens with zero attached hydrogens (tertiary/aromatic N) is 1. The lowest BCUT2D eigenvalue weighted by Crippen LogP contribution is -2.60. The minimum Gasteiger partial charge on any atom is -0.329 e. The average Bonchev–Trinajstić information content (AvgIpc) is 1.97. The maximum atomic E-state index is 12.3. The monoisotopic (exact) mass is 197 g/mol. The molecule has 0 aromatic carbocycles. The first-order valence-electron chi connectivity index (χ1n) is 3.77. The lowest BCUT2D eigenvalue weighted by atomic mass is 10.1. The fourth-order valence-corrected chi connectivity index (χ4v) is 1.18. The third kappa shape index (κ3) is 1.86. The van der Waals surface area contributed by atoms with E-state index in [1.54, 1.807) is 6.92 Å². The van der Waals surface area contributed by atoms with Crippen molar-refractivity contribution < 1.29 is 13.6 Å². The SMILES string of the molecule is CCC(Cl)C(=O)N1CC(F)(F)C1. The summed E-state index contributed by atoms with van der Waals surface area (Å²) in [4.78, 5) is 12.2. The van der Waals surface area contributed by atoms with Crippen LogP contribution < -0.4 is 0 Å². The second kappa shape index (κ2) is 3.17. The number of amides is 1. The van der Waals surface area contributed by atoms with E-state index in [-0.39, 0.29) is 5.91 Å². The van der Waals surface area contributed by atoms with Crippen molar-refractivity contribution in [2.45, 2.75) is 24.6 Å². The van der Waals surface area contributed by atoms with Gasteiger partial charge in [-0.15, -0.1) is 11.6 Å². The van der Waals surface area contributed by atoms with Gasteiger partial charge in [-0.05, 0) is 6.42 Å². The van der Waals surface area contributed by atoms with E-state index >= 15 is 0 Å². The molecule has 1 aliphatic rings. The number of halogens is 3. The minimum atomic E-state index is -2.69. The fourth-order valence-electron chi connectivity index (χ4n) is 1.04. The summed E-state index contributed by atoms with van der Waals surface area (Å²) in [6.45, 7) is 0.789. The van der Waals surface area contributed by atoms with Crippen LogP contribution in [-0.2, 0) is 4.79 Å². The molecule has 0 aromatic heterocycles. The van der Waals surface area contributed by atoms with Gasteiger partial charge in [0.1, 0.15) is 5.38 Å². The molecule has 70 valence electrons. The predicted molar refractivity (Wildman–Crippen MR) is 41.5 cm³/mol. The topological polar surface area (TPSA) is 20.3 Å². The summed E-state index contributed by atoms with van der Waals surface area (Å²) >= 11 is 5.58. The van der Waals surface area contributed by atoms with E-state index in [1.165, 1.54) is 0 Å². The van der Waals surface area contributed by atoms with Crippen molar-refractivity contribution in [2.75, 3.05) is 13.1 Å². The third-order valence-electron chi connectivity index (χ3n) is 1.78. The summed E-state index contributed by atoms with van der Waals surface area (Å²) in [7, 11) is 0. The van der Waals surface area contributed by atoms with Crippen LogP contribution in [0, 0.1) is 0 Å². The van der Waals surface area contributed by atoms with Gasteiger partial charge >= 0.3 is 0 Å². The van der Waals surface area contributed by atoms with E-state index in [0.29, 0.717) is 6.42 Å².